The second-order valence-corrected chi connectivity index (χ2v) is 8.96. The molecule has 0 atom stereocenters. The number of carboxylic acid groups (broad SMARTS) is 1. The van der Waals surface area contributed by atoms with E-state index in [4.69, 9.17) is 14.3 Å². The van der Waals surface area contributed by atoms with Crippen molar-refractivity contribution in [3.8, 4) is 5.75 Å². The third-order valence-electron chi connectivity index (χ3n) is 4.43. The Bertz CT molecular complexity index is 1180. The number of nitrogens with zero attached hydrogens (tertiary/aromatic N) is 1. The molecule has 0 spiro atoms. The zero-order valence-corrected chi connectivity index (χ0v) is 18.1. The predicted molar refractivity (Wildman–Crippen MR) is 117 cm³/mol. The van der Waals surface area contributed by atoms with Gasteiger partial charge in [-0.15, -0.1) is 0 Å². The van der Waals surface area contributed by atoms with E-state index >= 15 is 0 Å². The lowest BCUT2D eigenvalue weighted by Crippen LogP contribution is -2.32. The van der Waals surface area contributed by atoms with Gasteiger partial charge in [-0.05, 0) is 61.4 Å². The van der Waals surface area contributed by atoms with Gasteiger partial charge in [0.25, 0.3) is 10.0 Å². The highest BCUT2D eigenvalue weighted by Gasteiger charge is 2.29. The van der Waals surface area contributed by atoms with Crippen LogP contribution in [0, 0.1) is 6.92 Å². The summed E-state index contributed by atoms with van der Waals surface area (Å²) in [4.78, 5) is 11.0. The molecule has 0 saturated heterocycles. The maximum absolute atomic E-state index is 13.2. The summed E-state index contributed by atoms with van der Waals surface area (Å²) >= 11 is 0. The number of sulfonamides is 1. The monoisotopic (exact) mass is 441 g/mol. The largest absolute Gasteiger partial charge is 0.487 e. The summed E-state index contributed by atoms with van der Waals surface area (Å²) in [5.41, 5.74) is 2.82. The number of aryl methyl sites for hydroxylation is 1. The van der Waals surface area contributed by atoms with Crippen LogP contribution in [-0.2, 0) is 16.6 Å². The van der Waals surface area contributed by atoms with E-state index in [9.17, 15) is 13.2 Å². The predicted octanol–water partition coefficient (Wildman–Crippen LogP) is 4.64. The van der Waals surface area contributed by atoms with Crippen molar-refractivity contribution in [2.24, 2.45) is 0 Å². The van der Waals surface area contributed by atoms with Crippen LogP contribution in [0.4, 0.5) is 5.69 Å². The molecule has 3 rings (SSSR count). The molecular formula is C23H23NO6S. The average Bonchev–Trinajstić information content (AvgIpc) is 3.27. The number of rotatable bonds is 9. The first-order valence-electron chi connectivity index (χ1n) is 9.45. The fraction of sp³-hybridized carbons (Fsp3) is 0.174. The molecule has 0 unspecified atom stereocenters. The molecule has 162 valence electrons. The standard InChI is InChI=1S/C23H23NO6S/c1-16(2)14-24(31(27,28)22-5-4-12-29-22)20-11-6-17(3)13-21(20)30-15-18-7-9-19(10-8-18)23(25)26/h4-13H,1,14-15H2,2-3H3,(H,25,26). The summed E-state index contributed by atoms with van der Waals surface area (Å²) in [6.07, 6.45) is 1.30. The molecule has 0 aliphatic rings. The number of aromatic carboxylic acids is 1. The number of hydrogen-bond acceptors (Lipinski definition) is 5. The van der Waals surface area contributed by atoms with Crippen LogP contribution in [0.5, 0.6) is 5.75 Å². The van der Waals surface area contributed by atoms with Crippen molar-refractivity contribution in [1.29, 1.82) is 0 Å². The Hall–Kier alpha value is -3.52. The highest BCUT2D eigenvalue weighted by Crippen LogP contribution is 2.34. The van der Waals surface area contributed by atoms with Crippen molar-refractivity contribution in [3.63, 3.8) is 0 Å². The Balaban J connectivity index is 1.96. The van der Waals surface area contributed by atoms with Gasteiger partial charge in [-0.2, -0.15) is 8.42 Å². The Morgan fingerprint density at radius 1 is 1.16 bits per heavy atom. The molecule has 3 aromatic rings. The number of carboxylic acids is 1. The zero-order chi connectivity index (χ0) is 22.6. The quantitative estimate of drug-likeness (QED) is 0.486. The number of carbonyl (C=O) groups is 1. The number of benzene rings is 2. The van der Waals surface area contributed by atoms with Crippen LogP contribution in [0.3, 0.4) is 0 Å². The van der Waals surface area contributed by atoms with Gasteiger partial charge in [0.2, 0.25) is 5.09 Å². The third kappa shape index (κ3) is 5.16. The molecule has 0 fully saturated rings. The van der Waals surface area contributed by atoms with Crippen molar-refractivity contribution in [2.75, 3.05) is 10.8 Å². The Labute approximate surface area is 181 Å². The van der Waals surface area contributed by atoms with Crippen LogP contribution in [0.25, 0.3) is 0 Å². The SMILES string of the molecule is C=C(C)CN(c1ccc(C)cc1OCc1ccc(C(=O)O)cc1)S(=O)(=O)c1ccco1. The maximum atomic E-state index is 13.2. The van der Waals surface area contributed by atoms with Crippen LogP contribution in [0.1, 0.15) is 28.4 Å². The Morgan fingerprint density at radius 3 is 2.45 bits per heavy atom. The van der Waals surface area contributed by atoms with E-state index in [2.05, 4.69) is 6.58 Å². The molecule has 0 aliphatic heterocycles. The molecule has 31 heavy (non-hydrogen) atoms. The van der Waals surface area contributed by atoms with E-state index in [1.165, 1.54) is 34.8 Å². The summed E-state index contributed by atoms with van der Waals surface area (Å²) < 4.78 is 38.8. The molecule has 7 nitrogen and oxygen atoms in total. The molecule has 0 amide bonds. The lowest BCUT2D eigenvalue weighted by atomic mass is 10.1. The highest BCUT2D eigenvalue weighted by molar-refractivity contribution is 7.92. The van der Waals surface area contributed by atoms with E-state index < -0.39 is 16.0 Å². The fourth-order valence-corrected chi connectivity index (χ4v) is 4.36. The van der Waals surface area contributed by atoms with Crippen molar-refractivity contribution >= 4 is 21.7 Å². The summed E-state index contributed by atoms with van der Waals surface area (Å²) in [5, 5.41) is 8.85. The minimum Gasteiger partial charge on any atom is -0.487 e. The van der Waals surface area contributed by atoms with Gasteiger partial charge in [0.05, 0.1) is 24.1 Å². The minimum atomic E-state index is -3.98. The smallest absolute Gasteiger partial charge is 0.335 e. The first-order chi connectivity index (χ1) is 14.7. The van der Waals surface area contributed by atoms with E-state index in [0.717, 1.165) is 11.1 Å². The van der Waals surface area contributed by atoms with Gasteiger partial charge in [-0.25, -0.2) is 4.79 Å². The maximum Gasteiger partial charge on any atom is 0.335 e. The van der Waals surface area contributed by atoms with Crippen molar-refractivity contribution in [2.45, 2.75) is 25.5 Å². The van der Waals surface area contributed by atoms with Crippen LogP contribution >= 0.6 is 0 Å². The Kier molecular flexibility index (Phi) is 6.50. The summed E-state index contributed by atoms with van der Waals surface area (Å²) in [5.74, 6) is -0.634. The van der Waals surface area contributed by atoms with E-state index in [-0.39, 0.29) is 23.8 Å². The lowest BCUT2D eigenvalue weighted by Gasteiger charge is -2.26. The van der Waals surface area contributed by atoms with Gasteiger partial charge in [0.1, 0.15) is 12.4 Å². The highest BCUT2D eigenvalue weighted by atomic mass is 32.2. The van der Waals surface area contributed by atoms with Gasteiger partial charge < -0.3 is 14.3 Å². The minimum absolute atomic E-state index is 0.0514. The lowest BCUT2D eigenvalue weighted by molar-refractivity contribution is 0.0697. The molecule has 1 aromatic heterocycles. The third-order valence-corrected chi connectivity index (χ3v) is 6.08. The molecular weight excluding hydrogens is 418 g/mol. The molecule has 0 radical (unpaired) electrons. The van der Waals surface area contributed by atoms with Crippen molar-refractivity contribution < 1.29 is 27.5 Å². The van der Waals surface area contributed by atoms with E-state index in [1.807, 2.05) is 6.92 Å². The van der Waals surface area contributed by atoms with E-state index in [0.29, 0.717) is 17.0 Å². The molecule has 0 bridgehead atoms. The number of hydrogen-bond donors (Lipinski definition) is 1. The second kappa shape index (κ2) is 9.09. The van der Waals surface area contributed by atoms with Gasteiger partial charge >= 0.3 is 5.97 Å². The first kappa shape index (κ1) is 22.2. The number of ether oxygens (including phenoxy) is 1. The molecule has 0 aliphatic carbocycles. The van der Waals surface area contributed by atoms with Crippen LogP contribution < -0.4 is 9.04 Å². The second-order valence-electron chi connectivity index (χ2n) is 7.16. The van der Waals surface area contributed by atoms with Crippen LogP contribution in [-0.4, -0.2) is 26.0 Å². The molecule has 1 heterocycles. The van der Waals surface area contributed by atoms with E-state index in [1.54, 1.807) is 37.3 Å². The fourth-order valence-electron chi connectivity index (χ4n) is 2.91. The summed E-state index contributed by atoms with van der Waals surface area (Å²) in [6, 6.07) is 14.4. The van der Waals surface area contributed by atoms with Gasteiger partial charge in [-0.1, -0.05) is 30.4 Å². The van der Waals surface area contributed by atoms with Gasteiger partial charge in [-0.3, -0.25) is 4.31 Å². The molecule has 1 N–H and O–H groups in total. The van der Waals surface area contributed by atoms with Crippen LogP contribution in [0.2, 0.25) is 0 Å². The number of anilines is 1. The normalized spacial score (nSPS) is 11.2. The molecule has 8 heteroatoms. The van der Waals surface area contributed by atoms with Gasteiger partial charge in [0.15, 0.2) is 0 Å². The number of furan rings is 1. The summed E-state index contributed by atoms with van der Waals surface area (Å²) in [6.45, 7) is 7.66. The Morgan fingerprint density at radius 2 is 1.87 bits per heavy atom. The zero-order valence-electron chi connectivity index (χ0n) is 17.2. The van der Waals surface area contributed by atoms with Crippen molar-refractivity contribution in [1.82, 2.24) is 0 Å². The summed E-state index contributed by atoms with van der Waals surface area (Å²) in [7, 11) is -3.98. The van der Waals surface area contributed by atoms with Gasteiger partial charge in [0, 0.05) is 0 Å². The molecule has 0 saturated carbocycles. The van der Waals surface area contributed by atoms with Crippen LogP contribution in [0.15, 0.2) is 82.5 Å². The average molecular weight is 442 g/mol. The van der Waals surface area contributed by atoms with Crippen molar-refractivity contribution in [3.05, 3.63) is 89.7 Å². The topological polar surface area (TPSA) is 97.0 Å². The molecule has 2 aromatic carbocycles. The first-order valence-corrected chi connectivity index (χ1v) is 10.9.